The maximum atomic E-state index is 13.6. The van der Waals surface area contributed by atoms with Crippen LogP contribution in [0.25, 0.3) is 27.7 Å². The van der Waals surface area contributed by atoms with Crippen molar-refractivity contribution in [3.05, 3.63) is 105 Å². The van der Waals surface area contributed by atoms with E-state index in [-0.39, 0.29) is 12.1 Å². The molecule has 0 fully saturated rings. The van der Waals surface area contributed by atoms with Gasteiger partial charge in [-0.05, 0) is 35.4 Å². The normalized spacial score (nSPS) is 11.8. The van der Waals surface area contributed by atoms with Crippen LogP contribution in [0, 0.1) is 6.92 Å². The van der Waals surface area contributed by atoms with E-state index in [1.54, 1.807) is 17.7 Å². The van der Waals surface area contributed by atoms with Gasteiger partial charge < -0.3 is 8.98 Å². The number of hydrogen-bond acceptors (Lipinski definition) is 4. The molecule has 164 valence electrons. The number of furan rings is 1. The molecule has 0 bridgehead atoms. The van der Waals surface area contributed by atoms with Crippen LogP contribution in [0.3, 0.4) is 0 Å². The molecule has 6 rings (SSSR count). The summed E-state index contributed by atoms with van der Waals surface area (Å²) < 4.78 is 12.0. The lowest BCUT2D eigenvalue weighted by Gasteiger charge is -2.10. The van der Waals surface area contributed by atoms with E-state index in [1.165, 1.54) is 9.13 Å². The predicted octanol–water partition coefficient (Wildman–Crippen LogP) is 3.30. The van der Waals surface area contributed by atoms with Crippen LogP contribution in [0.2, 0.25) is 0 Å². The second-order valence-electron chi connectivity index (χ2n) is 8.26. The van der Waals surface area contributed by atoms with Gasteiger partial charge in [0.25, 0.3) is 5.56 Å². The fourth-order valence-corrected chi connectivity index (χ4v) is 4.55. The Kier molecular flexibility index (Phi) is 4.16. The molecule has 4 heterocycles. The van der Waals surface area contributed by atoms with E-state index in [1.807, 2.05) is 72.3 Å². The lowest BCUT2D eigenvalue weighted by molar-refractivity contribution is 0.494. The quantitative estimate of drug-likeness (QED) is 0.422. The third kappa shape index (κ3) is 2.87. The van der Waals surface area contributed by atoms with Crippen LogP contribution < -0.4 is 11.2 Å². The van der Waals surface area contributed by atoms with Crippen molar-refractivity contribution < 1.29 is 4.42 Å². The largest absolute Gasteiger partial charge is 0.467 e. The molecule has 0 unspecified atom stereocenters. The maximum absolute atomic E-state index is 13.6. The first-order valence-corrected chi connectivity index (χ1v) is 10.7. The van der Waals surface area contributed by atoms with Crippen molar-refractivity contribution in [1.82, 2.24) is 23.1 Å². The molecule has 33 heavy (non-hydrogen) atoms. The summed E-state index contributed by atoms with van der Waals surface area (Å²) in [6.07, 6.45) is 3.50. The van der Waals surface area contributed by atoms with E-state index in [2.05, 4.69) is 4.98 Å². The number of rotatable bonds is 4. The molecule has 0 atom stereocenters. The molecule has 0 saturated heterocycles. The molecule has 0 spiro atoms. The van der Waals surface area contributed by atoms with Gasteiger partial charge in [-0.15, -0.1) is 0 Å². The van der Waals surface area contributed by atoms with Gasteiger partial charge in [0.05, 0.1) is 19.4 Å². The summed E-state index contributed by atoms with van der Waals surface area (Å²) in [4.78, 5) is 31.5. The third-order valence-electron chi connectivity index (χ3n) is 6.24. The van der Waals surface area contributed by atoms with Crippen LogP contribution >= 0.6 is 0 Å². The molecule has 8 nitrogen and oxygen atoms in total. The second kappa shape index (κ2) is 7.09. The lowest BCUT2D eigenvalue weighted by atomic mass is 10.0. The summed E-state index contributed by atoms with van der Waals surface area (Å²) in [5, 5.41) is 2.09. The predicted molar refractivity (Wildman–Crippen MR) is 126 cm³/mol. The standard InChI is InChI=1S/C25H21N5O3/c1-16-13-29-21-22(26-24(29)28(16)15-19-10-6-12-33-19)27(2)25(32)30(23(21)31)14-18-9-5-8-17-7-3-4-11-20(17)18/h3-13H,14-15H2,1-2H3. The van der Waals surface area contributed by atoms with E-state index >= 15 is 0 Å². The van der Waals surface area contributed by atoms with Gasteiger partial charge >= 0.3 is 5.69 Å². The fourth-order valence-electron chi connectivity index (χ4n) is 4.55. The molecule has 0 N–H and O–H groups in total. The Hall–Kier alpha value is -4.33. The number of fused-ring (bicyclic) bond motifs is 4. The van der Waals surface area contributed by atoms with E-state index in [9.17, 15) is 9.59 Å². The topological polar surface area (TPSA) is 79.4 Å². The Morgan fingerprint density at radius 3 is 2.58 bits per heavy atom. The number of imidazole rings is 2. The highest BCUT2D eigenvalue weighted by Gasteiger charge is 2.21. The van der Waals surface area contributed by atoms with Gasteiger partial charge in [-0.3, -0.25) is 18.3 Å². The van der Waals surface area contributed by atoms with Gasteiger partial charge in [0, 0.05) is 18.9 Å². The molecule has 8 heteroatoms. The minimum absolute atomic E-state index is 0.183. The van der Waals surface area contributed by atoms with Crippen LogP contribution in [-0.4, -0.2) is 23.1 Å². The zero-order valence-electron chi connectivity index (χ0n) is 18.2. The van der Waals surface area contributed by atoms with Crippen LogP contribution in [0.1, 0.15) is 17.0 Å². The third-order valence-corrected chi connectivity index (χ3v) is 6.24. The monoisotopic (exact) mass is 439 g/mol. The maximum Gasteiger partial charge on any atom is 0.332 e. The van der Waals surface area contributed by atoms with Gasteiger partial charge in [-0.2, -0.15) is 4.98 Å². The van der Waals surface area contributed by atoms with Crippen molar-refractivity contribution >= 4 is 27.7 Å². The van der Waals surface area contributed by atoms with Crippen molar-refractivity contribution in [2.24, 2.45) is 7.05 Å². The zero-order valence-corrected chi connectivity index (χ0v) is 18.2. The van der Waals surface area contributed by atoms with Crippen LogP contribution in [0.4, 0.5) is 0 Å². The molecule has 0 radical (unpaired) electrons. The van der Waals surface area contributed by atoms with Gasteiger partial charge in [-0.1, -0.05) is 42.5 Å². The molecule has 2 aromatic carbocycles. The first-order valence-electron chi connectivity index (χ1n) is 10.7. The van der Waals surface area contributed by atoms with E-state index in [0.717, 1.165) is 27.8 Å². The van der Waals surface area contributed by atoms with Crippen LogP contribution in [-0.2, 0) is 20.1 Å². The average molecular weight is 439 g/mol. The van der Waals surface area contributed by atoms with Crippen molar-refractivity contribution in [2.45, 2.75) is 20.0 Å². The minimum Gasteiger partial charge on any atom is -0.467 e. The molecule has 0 aliphatic heterocycles. The average Bonchev–Trinajstić information content (AvgIpc) is 3.53. The molecular weight excluding hydrogens is 418 g/mol. The second-order valence-corrected chi connectivity index (χ2v) is 8.26. The Labute approximate surface area is 187 Å². The van der Waals surface area contributed by atoms with E-state index < -0.39 is 5.69 Å². The van der Waals surface area contributed by atoms with Gasteiger partial charge in [-0.25, -0.2) is 4.79 Å². The fraction of sp³-hybridized carbons (Fsp3) is 0.160. The first kappa shape index (κ1) is 19.4. The minimum atomic E-state index is -0.393. The summed E-state index contributed by atoms with van der Waals surface area (Å²) in [6.45, 7) is 2.62. The summed E-state index contributed by atoms with van der Waals surface area (Å²) >= 11 is 0. The van der Waals surface area contributed by atoms with Crippen LogP contribution in [0.5, 0.6) is 0 Å². The van der Waals surface area contributed by atoms with Crippen LogP contribution in [0.15, 0.2) is 81.1 Å². The molecule has 0 saturated carbocycles. The number of aromatic nitrogens is 5. The molecule has 0 amide bonds. The van der Waals surface area contributed by atoms with Gasteiger partial charge in [0.1, 0.15) is 5.76 Å². The molecule has 0 aliphatic carbocycles. The molecule has 6 aromatic rings. The van der Waals surface area contributed by atoms with E-state index in [4.69, 9.17) is 4.42 Å². The van der Waals surface area contributed by atoms with Gasteiger partial charge in [0.2, 0.25) is 5.78 Å². The summed E-state index contributed by atoms with van der Waals surface area (Å²) in [6, 6.07) is 17.6. The van der Waals surface area contributed by atoms with Gasteiger partial charge in [0.15, 0.2) is 11.2 Å². The van der Waals surface area contributed by atoms with Crippen molar-refractivity contribution in [2.75, 3.05) is 0 Å². The van der Waals surface area contributed by atoms with Crippen molar-refractivity contribution in [1.29, 1.82) is 0 Å². The molecule has 0 aliphatic rings. The Bertz CT molecular complexity index is 1780. The summed E-state index contributed by atoms with van der Waals surface area (Å²) in [7, 11) is 1.65. The number of aryl methyl sites for hydroxylation is 2. The Balaban J connectivity index is 1.57. The lowest BCUT2D eigenvalue weighted by Crippen LogP contribution is -2.39. The highest BCUT2D eigenvalue weighted by atomic mass is 16.3. The SMILES string of the molecule is Cc1cn2c3c(=O)n(Cc4cccc5ccccc45)c(=O)n(C)c3nc2n1Cc1ccco1. The number of nitrogens with zero attached hydrogens (tertiary/aromatic N) is 5. The van der Waals surface area contributed by atoms with Crippen molar-refractivity contribution in [3.8, 4) is 0 Å². The summed E-state index contributed by atoms with van der Waals surface area (Å²) in [5.41, 5.74) is 1.85. The molecular formula is C25H21N5O3. The Morgan fingerprint density at radius 2 is 1.76 bits per heavy atom. The van der Waals surface area contributed by atoms with E-state index in [0.29, 0.717) is 23.5 Å². The first-order chi connectivity index (χ1) is 16.0. The molecule has 4 aromatic heterocycles. The van der Waals surface area contributed by atoms with Crippen molar-refractivity contribution in [3.63, 3.8) is 0 Å². The Morgan fingerprint density at radius 1 is 0.939 bits per heavy atom. The zero-order chi connectivity index (χ0) is 22.7. The summed E-state index contributed by atoms with van der Waals surface area (Å²) in [5.74, 6) is 1.37. The highest BCUT2D eigenvalue weighted by Crippen LogP contribution is 2.20. The number of hydrogen-bond donors (Lipinski definition) is 0. The highest BCUT2D eigenvalue weighted by molar-refractivity contribution is 5.85. The smallest absolute Gasteiger partial charge is 0.332 e. The number of benzene rings is 2.